The zero-order valence-electron chi connectivity index (χ0n) is 17.1. The van der Waals surface area contributed by atoms with E-state index in [9.17, 15) is 14.0 Å². The second kappa shape index (κ2) is 10.1. The van der Waals surface area contributed by atoms with Gasteiger partial charge in [0.25, 0.3) is 0 Å². The molecular weight excluding hydrogens is 385 g/mol. The Morgan fingerprint density at radius 1 is 1.07 bits per heavy atom. The van der Waals surface area contributed by atoms with Crippen molar-refractivity contribution in [3.63, 3.8) is 0 Å². The predicted molar refractivity (Wildman–Crippen MR) is 116 cm³/mol. The Hall–Kier alpha value is -3.13. The molecule has 1 aliphatic heterocycles. The number of hydrogen-bond donors (Lipinski definition) is 3. The van der Waals surface area contributed by atoms with Crippen LogP contribution in [0.15, 0.2) is 48.5 Å². The Kier molecular flexibility index (Phi) is 7.24. The van der Waals surface area contributed by atoms with E-state index in [1.54, 1.807) is 12.1 Å². The summed E-state index contributed by atoms with van der Waals surface area (Å²) in [5.74, 6) is -0.838. The maximum absolute atomic E-state index is 14.2. The van der Waals surface area contributed by atoms with Gasteiger partial charge in [0.1, 0.15) is 5.82 Å². The quantitative estimate of drug-likeness (QED) is 0.651. The van der Waals surface area contributed by atoms with Crippen molar-refractivity contribution in [2.24, 2.45) is 5.73 Å². The summed E-state index contributed by atoms with van der Waals surface area (Å²) in [6.45, 7) is 6.86. The highest BCUT2D eigenvalue weighted by Crippen LogP contribution is 2.28. The van der Waals surface area contributed by atoms with Crippen molar-refractivity contribution in [3.8, 4) is 0 Å². The van der Waals surface area contributed by atoms with E-state index < -0.39 is 17.9 Å². The molecule has 30 heavy (non-hydrogen) atoms. The van der Waals surface area contributed by atoms with E-state index in [0.29, 0.717) is 5.69 Å². The Morgan fingerprint density at radius 3 is 2.40 bits per heavy atom. The first kappa shape index (κ1) is 21.6. The van der Waals surface area contributed by atoms with Crippen molar-refractivity contribution < 1.29 is 14.0 Å². The van der Waals surface area contributed by atoms with Crippen LogP contribution in [0.25, 0.3) is 0 Å². The number of nitrogens with two attached hydrogens (primary N) is 1. The lowest BCUT2D eigenvalue weighted by atomic mass is 10.0. The molecule has 2 aromatic rings. The molecule has 0 aromatic heterocycles. The number of rotatable bonds is 7. The molecule has 2 aromatic carbocycles. The maximum atomic E-state index is 14.2. The summed E-state index contributed by atoms with van der Waals surface area (Å²) >= 11 is 0. The van der Waals surface area contributed by atoms with Gasteiger partial charge in [-0.1, -0.05) is 37.3 Å². The van der Waals surface area contributed by atoms with Crippen LogP contribution in [0, 0.1) is 5.82 Å². The van der Waals surface area contributed by atoms with Gasteiger partial charge in [-0.15, -0.1) is 0 Å². The van der Waals surface area contributed by atoms with Gasteiger partial charge in [-0.3, -0.25) is 4.79 Å². The molecule has 8 heteroatoms. The molecular formula is C22H28FN5O2. The van der Waals surface area contributed by atoms with Gasteiger partial charge in [0.15, 0.2) is 0 Å². The van der Waals surface area contributed by atoms with Crippen LogP contribution < -0.4 is 21.3 Å². The number of nitrogens with one attached hydrogen (secondary N) is 2. The molecule has 0 unspecified atom stereocenters. The highest BCUT2D eigenvalue weighted by molar-refractivity contribution is 5.95. The Labute approximate surface area is 176 Å². The van der Waals surface area contributed by atoms with Gasteiger partial charge in [-0.05, 0) is 24.7 Å². The summed E-state index contributed by atoms with van der Waals surface area (Å²) in [7, 11) is 0. The van der Waals surface area contributed by atoms with Gasteiger partial charge in [0.2, 0.25) is 5.91 Å². The van der Waals surface area contributed by atoms with E-state index in [-0.39, 0.29) is 17.9 Å². The summed E-state index contributed by atoms with van der Waals surface area (Å²) in [5, 5.41) is 5.38. The largest absolute Gasteiger partial charge is 0.367 e. The summed E-state index contributed by atoms with van der Waals surface area (Å²) in [6, 6.07) is 12.0. The van der Waals surface area contributed by atoms with E-state index >= 15 is 0 Å². The molecule has 1 fully saturated rings. The molecule has 1 atom stereocenters. The second-order valence-corrected chi connectivity index (χ2v) is 7.27. The Morgan fingerprint density at radius 2 is 1.73 bits per heavy atom. The fraction of sp³-hybridized carbons (Fsp3) is 0.364. The van der Waals surface area contributed by atoms with E-state index in [1.165, 1.54) is 12.1 Å². The molecule has 160 valence electrons. The minimum atomic E-state index is -0.857. The summed E-state index contributed by atoms with van der Waals surface area (Å²) in [6.07, 6.45) is -0.137. The van der Waals surface area contributed by atoms with Gasteiger partial charge < -0.3 is 26.2 Å². The fourth-order valence-electron chi connectivity index (χ4n) is 3.71. The maximum Gasteiger partial charge on any atom is 0.312 e. The minimum absolute atomic E-state index is 0.137. The van der Waals surface area contributed by atoms with Crippen molar-refractivity contribution in [1.29, 1.82) is 0 Å². The lowest BCUT2D eigenvalue weighted by Crippen LogP contribution is -2.46. The van der Waals surface area contributed by atoms with Crippen LogP contribution >= 0.6 is 0 Å². The molecule has 1 saturated heterocycles. The standard InChI is InChI=1S/C22H28FN5O2/c1-2-27-11-13-28(14-12-27)20-10-6-5-9-18(20)25-21(29)15-19(26-22(24)30)16-7-3-4-8-17(16)23/h3-10,19H,2,11-15H2,1H3,(H,25,29)(H3,24,26,30)/t19-/m1/s1. The zero-order valence-corrected chi connectivity index (χ0v) is 17.1. The van der Waals surface area contributed by atoms with E-state index in [4.69, 9.17) is 5.73 Å². The Bertz CT molecular complexity index is 883. The molecule has 3 rings (SSSR count). The highest BCUT2D eigenvalue weighted by Gasteiger charge is 2.22. The number of benzene rings is 2. The van der Waals surface area contributed by atoms with E-state index in [0.717, 1.165) is 38.4 Å². The Balaban J connectivity index is 1.72. The minimum Gasteiger partial charge on any atom is -0.367 e. The second-order valence-electron chi connectivity index (χ2n) is 7.27. The van der Waals surface area contributed by atoms with Crippen LogP contribution in [-0.2, 0) is 4.79 Å². The first-order valence-electron chi connectivity index (χ1n) is 10.1. The van der Waals surface area contributed by atoms with Gasteiger partial charge in [0.05, 0.1) is 23.8 Å². The van der Waals surface area contributed by atoms with Crippen LogP contribution in [0.1, 0.15) is 24.9 Å². The van der Waals surface area contributed by atoms with Crippen LogP contribution in [0.3, 0.4) is 0 Å². The number of likely N-dealkylation sites (N-methyl/N-ethyl adjacent to an activating group) is 1. The number of primary amides is 1. The van der Waals surface area contributed by atoms with Gasteiger partial charge in [-0.2, -0.15) is 0 Å². The number of piperazine rings is 1. The normalized spacial score (nSPS) is 15.5. The summed E-state index contributed by atoms with van der Waals surface area (Å²) < 4.78 is 14.2. The number of anilines is 2. The van der Waals surface area contributed by atoms with Crippen molar-refractivity contribution in [1.82, 2.24) is 10.2 Å². The van der Waals surface area contributed by atoms with Crippen LogP contribution in [0.4, 0.5) is 20.6 Å². The van der Waals surface area contributed by atoms with Crippen molar-refractivity contribution in [3.05, 3.63) is 59.9 Å². The molecule has 3 amide bonds. The smallest absolute Gasteiger partial charge is 0.312 e. The van der Waals surface area contributed by atoms with Crippen molar-refractivity contribution >= 4 is 23.3 Å². The summed E-state index contributed by atoms with van der Waals surface area (Å²) in [5.41, 5.74) is 7.10. The molecule has 0 radical (unpaired) electrons. The number of nitrogens with zero attached hydrogens (tertiary/aromatic N) is 2. The zero-order chi connectivity index (χ0) is 21.5. The van der Waals surface area contributed by atoms with E-state index in [1.807, 2.05) is 24.3 Å². The van der Waals surface area contributed by atoms with E-state index in [2.05, 4.69) is 27.4 Å². The molecule has 7 nitrogen and oxygen atoms in total. The third-order valence-corrected chi connectivity index (χ3v) is 5.32. The number of para-hydroxylation sites is 2. The molecule has 0 aliphatic carbocycles. The molecule has 1 heterocycles. The first-order chi connectivity index (χ1) is 14.5. The topological polar surface area (TPSA) is 90.7 Å². The van der Waals surface area contributed by atoms with Gasteiger partial charge >= 0.3 is 6.03 Å². The fourth-order valence-corrected chi connectivity index (χ4v) is 3.71. The third kappa shape index (κ3) is 5.48. The number of halogens is 1. The van der Waals surface area contributed by atoms with Crippen molar-refractivity contribution in [2.45, 2.75) is 19.4 Å². The van der Waals surface area contributed by atoms with Crippen LogP contribution in [-0.4, -0.2) is 49.6 Å². The number of carbonyl (C=O) groups excluding carboxylic acids is 2. The number of hydrogen-bond acceptors (Lipinski definition) is 4. The van der Waals surface area contributed by atoms with Crippen LogP contribution in [0.2, 0.25) is 0 Å². The lowest BCUT2D eigenvalue weighted by Gasteiger charge is -2.36. The summed E-state index contributed by atoms with van der Waals surface area (Å²) in [4.78, 5) is 28.8. The monoisotopic (exact) mass is 413 g/mol. The number of urea groups is 1. The SMILES string of the molecule is CCN1CCN(c2ccccc2NC(=O)C[C@@H](NC(N)=O)c2ccccc2F)CC1. The van der Waals surface area contributed by atoms with Gasteiger partial charge in [-0.25, -0.2) is 9.18 Å². The number of carbonyl (C=O) groups is 2. The lowest BCUT2D eigenvalue weighted by molar-refractivity contribution is -0.116. The molecule has 1 aliphatic rings. The molecule has 0 saturated carbocycles. The average molecular weight is 413 g/mol. The third-order valence-electron chi connectivity index (χ3n) is 5.32. The number of amides is 3. The van der Waals surface area contributed by atoms with Crippen LogP contribution in [0.5, 0.6) is 0 Å². The molecule has 4 N–H and O–H groups in total. The highest BCUT2D eigenvalue weighted by atomic mass is 19.1. The molecule has 0 bridgehead atoms. The van der Waals surface area contributed by atoms with Gasteiger partial charge in [0, 0.05) is 31.7 Å². The first-order valence-corrected chi connectivity index (χ1v) is 10.1. The average Bonchev–Trinajstić information content (AvgIpc) is 2.74. The predicted octanol–water partition coefficient (Wildman–Crippen LogP) is 2.71. The molecule has 0 spiro atoms. The van der Waals surface area contributed by atoms with Crippen molar-refractivity contribution in [2.75, 3.05) is 42.9 Å².